The van der Waals surface area contributed by atoms with E-state index < -0.39 is 10.0 Å². The van der Waals surface area contributed by atoms with Gasteiger partial charge >= 0.3 is 0 Å². The molecule has 1 aliphatic heterocycles. The van der Waals surface area contributed by atoms with E-state index in [1.807, 2.05) is 35.2 Å². The molecule has 31 heavy (non-hydrogen) atoms. The first-order chi connectivity index (χ1) is 14.9. The van der Waals surface area contributed by atoms with Crippen molar-refractivity contribution in [3.8, 4) is 0 Å². The second-order valence-electron chi connectivity index (χ2n) is 7.68. The van der Waals surface area contributed by atoms with Crippen LogP contribution in [0, 0.1) is 0 Å². The highest BCUT2D eigenvalue weighted by atomic mass is 32.2. The standard InChI is InChI=1S/C24H25N3O3S/c1-26-16-17-27(23(18-26)19-8-4-2-5-9-19)24(28)20-12-14-21(15-13-20)25-31(29,30)22-10-6-3-7-11-22/h2-15,23,25H,16-18H2,1H3/t23-/m0/s1. The van der Waals surface area contributed by atoms with Crippen LogP contribution >= 0.6 is 0 Å². The summed E-state index contributed by atoms with van der Waals surface area (Å²) >= 11 is 0. The zero-order chi connectivity index (χ0) is 21.8. The summed E-state index contributed by atoms with van der Waals surface area (Å²) in [5, 5.41) is 0. The van der Waals surface area contributed by atoms with Crippen molar-refractivity contribution in [3.05, 3.63) is 96.1 Å². The summed E-state index contributed by atoms with van der Waals surface area (Å²) in [6, 6.07) is 24.8. The van der Waals surface area contributed by atoms with Gasteiger partial charge in [-0.15, -0.1) is 0 Å². The van der Waals surface area contributed by atoms with Crippen molar-refractivity contribution in [1.29, 1.82) is 0 Å². The van der Waals surface area contributed by atoms with Crippen LogP contribution < -0.4 is 4.72 Å². The smallest absolute Gasteiger partial charge is 0.261 e. The Kier molecular flexibility index (Phi) is 6.06. The third-order valence-electron chi connectivity index (χ3n) is 5.47. The number of carbonyl (C=O) groups excluding carboxylic acids is 1. The molecule has 0 spiro atoms. The molecule has 6 nitrogen and oxygen atoms in total. The first kappa shape index (κ1) is 21.1. The predicted molar refractivity (Wildman–Crippen MR) is 121 cm³/mol. The lowest BCUT2D eigenvalue weighted by Crippen LogP contribution is -2.49. The summed E-state index contributed by atoms with van der Waals surface area (Å²) in [5.74, 6) is -0.0561. The molecule has 1 amide bonds. The minimum Gasteiger partial charge on any atom is -0.329 e. The molecule has 3 aromatic carbocycles. The molecule has 4 rings (SSSR count). The lowest BCUT2D eigenvalue weighted by Gasteiger charge is -2.40. The molecule has 1 fully saturated rings. The first-order valence-electron chi connectivity index (χ1n) is 10.2. The maximum Gasteiger partial charge on any atom is 0.261 e. The Morgan fingerprint density at radius 3 is 2.13 bits per heavy atom. The maximum atomic E-state index is 13.3. The summed E-state index contributed by atoms with van der Waals surface area (Å²) in [7, 11) is -1.61. The number of nitrogens with one attached hydrogen (secondary N) is 1. The minimum absolute atomic E-state index is 0.0243. The number of rotatable bonds is 5. The quantitative estimate of drug-likeness (QED) is 0.665. The lowest BCUT2D eigenvalue weighted by atomic mass is 10.0. The van der Waals surface area contributed by atoms with E-state index in [0.29, 0.717) is 17.8 Å². The topological polar surface area (TPSA) is 69.7 Å². The number of hydrogen-bond acceptors (Lipinski definition) is 4. The van der Waals surface area contributed by atoms with Crippen LogP contribution in [0.2, 0.25) is 0 Å². The highest BCUT2D eigenvalue weighted by molar-refractivity contribution is 7.92. The Bertz CT molecular complexity index is 1130. The molecule has 0 saturated carbocycles. The Morgan fingerprint density at radius 1 is 0.871 bits per heavy atom. The summed E-state index contributed by atoms with van der Waals surface area (Å²) < 4.78 is 27.6. The fraction of sp³-hybridized carbons (Fsp3) is 0.208. The normalized spacial score (nSPS) is 17.3. The largest absolute Gasteiger partial charge is 0.329 e. The van der Waals surface area contributed by atoms with E-state index in [1.165, 1.54) is 12.1 Å². The van der Waals surface area contributed by atoms with Crippen LogP contribution in [0.3, 0.4) is 0 Å². The fourth-order valence-corrected chi connectivity index (χ4v) is 4.86. The molecule has 0 aliphatic carbocycles. The van der Waals surface area contributed by atoms with Gasteiger partial charge in [-0.3, -0.25) is 9.52 Å². The highest BCUT2D eigenvalue weighted by Gasteiger charge is 2.30. The van der Waals surface area contributed by atoms with Crippen molar-refractivity contribution >= 4 is 21.6 Å². The lowest BCUT2D eigenvalue weighted by molar-refractivity contribution is 0.0498. The molecule has 7 heteroatoms. The second kappa shape index (κ2) is 8.91. The van der Waals surface area contributed by atoms with Gasteiger partial charge in [0.05, 0.1) is 10.9 Å². The monoisotopic (exact) mass is 435 g/mol. The van der Waals surface area contributed by atoms with E-state index in [0.717, 1.165) is 18.7 Å². The van der Waals surface area contributed by atoms with Gasteiger partial charge in [0.25, 0.3) is 15.9 Å². The van der Waals surface area contributed by atoms with Crippen molar-refractivity contribution in [2.75, 3.05) is 31.4 Å². The van der Waals surface area contributed by atoms with Gasteiger partial charge in [-0.1, -0.05) is 48.5 Å². The van der Waals surface area contributed by atoms with Crippen molar-refractivity contribution in [3.63, 3.8) is 0 Å². The van der Waals surface area contributed by atoms with Crippen molar-refractivity contribution in [2.24, 2.45) is 0 Å². The molecule has 3 aromatic rings. The van der Waals surface area contributed by atoms with Crippen molar-refractivity contribution in [2.45, 2.75) is 10.9 Å². The Balaban J connectivity index is 1.52. The van der Waals surface area contributed by atoms with Gasteiger partial charge in [0.1, 0.15) is 0 Å². The van der Waals surface area contributed by atoms with Gasteiger partial charge in [0, 0.05) is 30.9 Å². The van der Waals surface area contributed by atoms with Crippen molar-refractivity contribution < 1.29 is 13.2 Å². The molecule has 0 unspecified atom stereocenters. The van der Waals surface area contributed by atoms with Gasteiger partial charge in [-0.25, -0.2) is 8.42 Å². The molecule has 1 N–H and O–H groups in total. The second-order valence-corrected chi connectivity index (χ2v) is 9.37. The van der Waals surface area contributed by atoms with Gasteiger partial charge < -0.3 is 9.80 Å². The molecule has 0 radical (unpaired) electrons. The SMILES string of the molecule is CN1CCN(C(=O)c2ccc(NS(=O)(=O)c3ccccc3)cc2)[C@H](c2ccccc2)C1. The number of likely N-dealkylation sites (N-methyl/N-ethyl adjacent to an activating group) is 1. The van der Waals surface area contributed by atoms with Crippen LogP contribution in [-0.4, -0.2) is 50.8 Å². The number of sulfonamides is 1. The molecular formula is C24H25N3O3S. The summed E-state index contributed by atoms with van der Waals surface area (Å²) in [6.45, 7) is 2.21. The number of hydrogen-bond donors (Lipinski definition) is 1. The molecule has 160 valence electrons. The van der Waals surface area contributed by atoms with Crippen LogP contribution in [-0.2, 0) is 10.0 Å². The van der Waals surface area contributed by atoms with Crippen LogP contribution in [0.1, 0.15) is 22.0 Å². The third kappa shape index (κ3) is 4.78. The third-order valence-corrected chi connectivity index (χ3v) is 6.86. The van der Waals surface area contributed by atoms with E-state index in [-0.39, 0.29) is 16.8 Å². The van der Waals surface area contributed by atoms with E-state index in [4.69, 9.17) is 0 Å². The predicted octanol–water partition coefficient (Wildman–Crippen LogP) is 3.62. The number of anilines is 1. The summed E-state index contributed by atoms with van der Waals surface area (Å²) in [5.41, 5.74) is 2.06. The fourth-order valence-electron chi connectivity index (χ4n) is 3.78. The Morgan fingerprint density at radius 2 is 1.48 bits per heavy atom. The number of piperazine rings is 1. The van der Waals surface area contributed by atoms with Gasteiger partial charge in [0.15, 0.2) is 0 Å². The zero-order valence-electron chi connectivity index (χ0n) is 17.3. The average Bonchev–Trinajstić information content (AvgIpc) is 2.80. The molecule has 0 aromatic heterocycles. The van der Waals surface area contributed by atoms with E-state index in [1.54, 1.807) is 42.5 Å². The van der Waals surface area contributed by atoms with Crippen LogP contribution in [0.5, 0.6) is 0 Å². The molecule has 1 atom stereocenters. The Hall–Kier alpha value is -3.16. The Labute approximate surface area is 183 Å². The number of amides is 1. The van der Waals surface area contributed by atoms with Gasteiger partial charge in [-0.05, 0) is 49.0 Å². The van der Waals surface area contributed by atoms with Gasteiger partial charge in [0.2, 0.25) is 0 Å². The molecule has 1 saturated heterocycles. The number of benzene rings is 3. The molecular weight excluding hydrogens is 410 g/mol. The van der Waals surface area contributed by atoms with E-state index in [9.17, 15) is 13.2 Å². The molecule has 1 aliphatic rings. The van der Waals surface area contributed by atoms with Crippen LogP contribution in [0.15, 0.2) is 89.8 Å². The summed E-state index contributed by atoms with van der Waals surface area (Å²) in [6.07, 6.45) is 0. The van der Waals surface area contributed by atoms with E-state index >= 15 is 0 Å². The van der Waals surface area contributed by atoms with Crippen LogP contribution in [0.25, 0.3) is 0 Å². The average molecular weight is 436 g/mol. The number of carbonyl (C=O) groups is 1. The van der Waals surface area contributed by atoms with E-state index in [2.05, 4.69) is 16.7 Å². The maximum absolute atomic E-state index is 13.3. The first-order valence-corrected chi connectivity index (χ1v) is 11.6. The van der Waals surface area contributed by atoms with Crippen LogP contribution in [0.4, 0.5) is 5.69 Å². The van der Waals surface area contributed by atoms with Gasteiger partial charge in [-0.2, -0.15) is 0 Å². The number of nitrogens with zero attached hydrogens (tertiary/aromatic N) is 2. The highest BCUT2D eigenvalue weighted by Crippen LogP contribution is 2.27. The van der Waals surface area contributed by atoms with Crippen molar-refractivity contribution in [1.82, 2.24) is 9.80 Å². The zero-order valence-corrected chi connectivity index (χ0v) is 18.1. The molecule has 0 bridgehead atoms. The minimum atomic E-state index is -3.67. The molecule has 1 heterocycles. The summed E-state index contributed by atoms with van der Waals surface area (Å²) in [4.78, 5) is 17.6.